The highest BCUT2D eigenvalue weighted by atomic mass is 15.0. The normalized spacial score (nSPS) is 23.3. The molecule has 0 atom stereocenters. The van der Waals surface area contributed by atoms with Crippen molar-refractivity contribution < 1.29 is 0 Å². The van der Waals surface area contributed by atoms with E-state index < -0.39 is 0 Å². The van der Waals surface area contributed by atoms with E-state index in [9.17, 15) is 0 Å². The van der Waals surface area contributed by atoms with Crippen LogP contribution in [0, 0.1) is 5.92 Å². The van der Waals surface area contributed by atoms with E-state index >= 15 is 0 Å². The van der Waals surface area contributed by atoms with E-state index in [1.807, 2.05) is 0 Å². The Morgan fingerprint density at radius 1 is 0.533 bits per heavy atom. The van der Waals surface area contributed by atoms with Gasteiger partial charge in [-0.15, -0.1) is 0 Å². The zero-order valence-electron chi connectivity index (χ0n) is 20.8. The van der Waals surface area contributed by atoms with E-state index in [0.717, 1.165) is 12.5 Å². The molecule has 0 unspecified atom stereocenters. The van der Waals surface area contributed by atoms with E-state index in [2.05, 4.69) is 17.6 Å². The molecule has 0 saturated heterocycles. The van der Waals surface area contributed by atoms with Crippen LogP contribution < -0.4 is 10.6 Å². The summed E-state index contributed by atoms with van der Waals surface area (Å²) in [7, 11) is 0. The van der Waals surface area contributed by atoms with Crippen molar-refractivity contribution in [1.29, 1.82) is 0 Å². The van der Waals surface area contributed by atoms with Gasteiger partial charge in [-0.05, 0) is 57.4 Å². The molecule has 0 heterocycles. The van der Waals surface area contributed by atoms with E-state index in [4.69, 9.17) is 0 Å². The fourth-order valence-corrected chi connectivity index (χ4v) is 5.85. The van der Waals surface area contributed by atoms with Crippen molar-refractivity contribution in [3.05, 3.63) is 0 Å². The van der Waals surface area contributed by atoms with Crippen LogP contribution in [-0.2, 0) is 0 Å². The summed E-state index contributed by atoms with van der Waals surface area (Å²) in [5.41, 5.74) is 0.532. The molecule has 0 spiro atoms. The van der Waals surface area contributed by atoms with Crippen molar-refractivity contribution in [2.45, 2.75) is 154 Å². The Morgan fingerprint density at radius 2 is 0.967 bits per heavy atom. The van der Waals surface area contributed by atoms with Gasteiger partial charge in [0.1, 0.15) is 0 Å². The first-order chi connectivity index (χ1) is 14.8. The topological polar surface area (TPSA) is 24.1 Å². The average Bonchev–Trinajstić information content (AvgIpc) is 2.79. The molecule has 2 heteroatoms. The lowest BCUT2D eigenvalue weighted by Gasteiger charge is -2.47. The molecule has 0 aliphatic heterocycles. The van der Waals surface area contributed by atoms with Gasteiger partial charge in [-0.25, -0.2) is 0 Å². The summed E-state index contributed by atoms with van der Waals surface area (Å²) in [4.78, 5) is 0. The number of unbranched alkanes of at least 4 members (excludes halogenated alkanes) is 15. The third-order valence-electron chi connectivity index (χ3n) is 8.10. The maximum Gasteiger partial charge on any atom is 0.0182 e. The molecule has 3 fully saturated rings. The number of rotatable bonds is 21. The van der Waals surface area contributed by atoms with Crippen LogP contribution in [0.1, 0.15) is 148 Å². The minimum atomic E-state index is 0.532. The van der Waals surface area contributed by atoms with E-state index in [1.54, 1.807) is 0 Å². The lowest BCUT2D eigenvalue weighted by Crippen LogP contribution is -2.53. The van der Waals surface area contributed by atoms with Crippen LogP contribution in [0.4, 0.5) is 0 Å². The predicted molar refractivity (Wildman–Crippen MR) is 134 cm³/mol. The van der Waals surface area contributed by atoms with Gasteiger partial charge >= 0.3 is 0 Å². The number of hydrogen-bond donors (Lipinski definition) is 2. The largest absolute Gasteiger partial charge is 0.315 e. The molecule has 3 saturated carbocycles. The molecule has 0 amide bonds. The zero-order valence-corrected chi connectivity index (χ0v) is 20.8. The van der Waals surface area contributed by atoms with Crippen LogP contribution in [0.2, 0.25) is 0 Å². The summed E-state index contributed by atoms with van der Waals surface area (Å²) in [5, 5.41) is 7.58. The summed E-state index contributed by atoms with van der Waals surface area (Å²) in [6.45, 7) is 5.85. The maximum atomic E-state index is 3.92. The summed E-state index contributed by atoms with van der Waals surface area (Å²) in [5.74, 6) is 1.07. The third kappa shape index (κ3) is 12.1. The van der Waals surface area contributed by atoms with Crippen LogP contribution in [0.5, 0.6) is 0 Å². The molecular weight excluding hydrogens is 364 g/mol. The molecule has 3 aliphatic carbocycles. The second-order valence-electron chi connectivity index (χ2n) is 10.7. The average molecular weight is 421 g/mol. The van der Waals surface area contributed by atoms with Crippen LogP contribution >= 0.6 is 0 Å². The van der Waals surface area contributed by atoms with Crippen LogP contribution in [-0.4, -0.2) is 25.2 Å². The van der Waals surface area contributed by atoms with Gasteiger partial charge in [0.2, 0.25) is 0 Å². The SMILES string of the molecule is CCCCCCCCCCCCCCCCCCNCCNC12CCC(CC1)CC2. The molecule has 2 N–H and O–H groups in total. The predicted octanol–water partition coefficient (Wildman–Crippen LogP) is 8.15. The quantitative estimate of drug-likeness (QED) is 0.183. The van der Waals surface area contributed by atoms with Gasteiger partial charge in [0.25, 0.3) is 0 Å². The Bertz CT molecular complexity index is 359. The minimum Gasteiger partial charge on any atom is -0.315 e. The molecule has 3 aliphatic rings. The zero-order chi connectivity index (χ0) is 21.2. The summed E-state index contributed by atoms with van der Waals surface area (Å²) in [6.07, 6.45) is 32.0. The van der Waals surface area contributed by atoms with Crippen molar-refractivity contribution in [3.63, 3.8) is 0 Å². The van der Waals surface area contributed by atoms with Crippen molar-refractivity contribution in [3.8, 4) is 0 Å². The summed E-state index contributed by atoms with van der Waals surface area (Å²) in [6, 6.07) is 0. The van der Waals surface area contributed by atoms with E-state index in [1.165, 1.54) is 154 Å². The standard InChI is InChI=1S/C28H56N2/c1-2-3-4-5-6-7-8-9-10-11-12-13-14-15-16-17-24-29-25-26-30-28-21-18-27(19-22-28)20-23-28/h27,29-30H,2-26H2,1H3. The maximum absolute atomic E-state index is 3.92. The monoisotopic (exact) mass is 420 g/mol. The van der Waals surface area contributed by atoms with Crippen LogP contribution in [0.25, 0.3) is 0 Å². The molecule has 0 radical (unpaired) electrons. The molecule has 30 heavy (non-hydrogen) atoms. The van der Waals surface area contributed by atoms with Gasteiger partial charge in [0.05, 0.1) is 0 Å². The fourth-order valence-electron chi connectivity index (χ4n) is 5.85. The molecule has 0 aromatic heterocycles. The van der Waals surface area contributed by atoms with Gasteiger partial charge < -0.3 is 10.6 Å². The first-order valence-corrected chi connectivity index (χ1v) is 14.3. The number of hydrogen-bond acceptors (Lipinski definition) is 2. The highest BCUT2D eigenvalue weighted by Crippen LogP contribution is 2.43. The molecular formula is C28H56N2. The first-order valence-electron chi connectivity index (χ1n) is 14.3. The lowest BCUT2D eigenvalue weighted by atomic mass is 9.66. The van der Waals surface area contributed by atoms with Crippen molar-refractivity contribution in [2.24, 2.45) is 5.92 Å². The van der Waals surface area contributed by atoms with Gasteiger partial charge in [0.15, 0.2) is 0 Å². The number of nitrogens with one attached hydrogen (secondary N) is 2. The van der Waals surface area contributed by atoms with Gasteiger partial charge in [-0.2, -0.15) is 0 Å². The van der Waals surface area contributed by atoms with Crippen molar-refractivity contribution in [2.75, 3.05) is 19.6 Å². The molecule has 2 bridgehead atoms. The second kappa shape index (κ2) is 17.5. The van der Waals surface area contributed by atoms with Gasteiger partial charge in [-0.3, -0.25) is 0 Å². The van der Waals surface area contributed by atoms with E-state index in [-0.39, 0.29) is 0 Å². The van der Waals surface area contributed by atoms with Crippen LogP contribution in [0.15, 0.2) is 0 Å². The summed E-state index contributed by atoms with van der Waals surface area (Å²) >= 11 is 0. The highest BCUT2D eigenvalue weighted by Gasteiger charge is 2.39. The molecule has 178 valence electrons. The third-order valence-corrected chi connectivity index (χ3v) is 8.10. The fraction of sp³-hybridized carbons (Fsp3) is 1.00. The molecule has 2 nitrogen and oxygen atoms in total. The molecule has 3 rings (SSSR count). The molecule has 0 aromatic rings. The van der Waals surface area contributed by atoms with Gasteiger partial charge in [0, 0.05) is 18.6 Å². The van der Waals surface area contributed by atoms with Crippen LogP contribution in [0.3, 0.4) is 0 Å². The Hall–Kier alpha value is -0.0800. The lowest BCUT2D eigenvalue weighted by molar-refractivity contribution is 0.106. The van der Waals surface area contributed by atoms with Crippen molar-refractivity contribution >= 4 is 0 Å². The Morgan fingerprint density at radius 3 is 1.43 bits per heavy atom. The minimum absolute atomic E-state index is 0.532. The Kier molecular flexibility index (Phi) is 15.2. The Balaban J connectivity index is 1.22. The van der Waals surface area contributed by atoms with E-state index in [0.29, 0.717) is 5.54 Å². The first kappa shape index (κ1) is 26.2. The summed E-state index contributed by atoms with van der Waals surface area (Å²) < 4.78 is 0. The second-order valence-corrected chi connectivity index (χ2v) is 10.7. The number of fused-ring (bicyclic) bond motifs is 3. The highest BCUT2D eigenvalue weighted by molar-refractivity contribution is 4.98. The Labute approximate surface area is 190 Å². The molecule has 0 aromatic carbocycles. The van der Waals surface area contributed by atoms with Crippen molar-refractivity contribution in [1.82, 2.24) is 10.6 Å². The smallest absolute Gasteiger partial charge is 0.0182 e. The van der Waals surface area contributed by atoms with Gasteiger partial charge in [-0.1, -0.05) is 103 Å².